The Labute approximate surface area is 114 Å². The molecule has 0 aliphatic heterocycles. The first-order chi connectivity index (χ1) is 8.59. The van der Waals surface area contributed by atoms with Crippen LogP contribution >= 0.6 is 0 Å². The maximum Gasteiger partial charge on any atom is 0.308 e. The Balaban J connectivity index is 4.38. The van der Waals surface area contributed by atoms with Gasteiger partial charge in [0.2, 0.25) is 11.8 Å². The van der Waals surface area contributed by atoms with Gasteiger partial charge in [-0.1, -0.05) is 27.7 Å². The molecule has 110 valence electrons. The van der Waals surface area contributed by atoms with Crippen LogP contribution in [-0.4, -0.2) is 47.4 Å². The van der Waals surface area contributed by atoms with Crippen LogP contribution < -0.4 is 5.32 Å². The Hall–Kier alpha value is -1.59. The second kappa shape index (κ2) is 7.11. The average molecular weight is 272 g/mol. The molecule has 0 aliphatic carbocycles. The summed E-state index contributed by atoms with van der Waals surface area (Å²) < 4.78 is 0. The highest BCUT2D eigenvalue weighted by molar-refractivity contribution is 5.87. The topological polar surface area (TPSA) is 86.7 Å². The Morgan fingerprint density at radius 2 is 1.79 bits per heavy atom. The van der Waals surface area contributed by atoms with Crippen molar-refractivity contribution in [3.63, 3.8) is 0 Å². The summed E-state index contributed by atoms with van der Waals surface area (Å²) in [7, 11) is 0. The Kier molecular flexibility index (Phi) is 6.52. The van der Waals surface area contributed by atoms with E-state index in [0.717, 1.165) is 0 Å². The lowest BCUT2D eigenvalue weighted by Gasteiger charge is -2.24. The fraction of sp³-hybridized carbons (Fsp3) is 0.769. The van der Waals surface area contributed by atoms with Gasteiger partial charge in [-0.2, -0.15) is 0 Å². The molecule has 0 aliphatic rings. The predicted octanol–water partition coefficient (Wildman–Crippen LogP) is 0.718. The molecule has 0 aromatic heterocycles. The maximum absolute atomic E-state index is 11.9. The van der Waals surface area contributed by atoms with Crippen molar-refractivity contribution in [2.45, 2.75) is 34.6 Å². The lowest BCUT2D eigenvalue weighted by Crippen LogP contribution is -2.45. The van der Waals surface area contributed by atoms with Crippen molar-refractivity contribution in [1.82, 2.24) is 10.2 Å². The van der Waals surface area contributed by atoms with Gasteiger partial charge in [0.1, 0.15) is 0 Å². The molecular formula is C13H24N2O4. The highest BCUT2D eigenvalue weighted by Crippen LogP contribution is 2.12. The molecule has 0 aromatic rings. The monoisotopic (exact) mass is 272 g/mol. The van der Waals surface area contributed by atoms with Gasteiger partial charge in [-0.3, -0.25) is 14.4 Å². The molecule has 2 N–H and O–H groups in total. The first kappa shape index (κ1) is 17.4. The molecule has 0 radical (unpaired) electrons. The summed E-state index contributed by atoms with van der Waals surface area (Å²) in [4.78, 5) is 35.7. The van der Waals surface area contributed by atoms with Gasteiger partial charge < -0.3 is 15.3 Å². The lowest BCUT2D eigenvalue weighted by molar-refractivity contribution is -0.143. The normalized spacial score (nSPS) is 12.7. The van der Waals surface area contributed by atoms with Gasteiger partial charge in [-0.25, -0.2) is 0 Å². The van der Waals surface area contributed by atoms with Crippen LogP contribution in [0.5, 0.6) is 0 Å². The second-order valence-corrected chi connectivity index (χ2v) is 5.60. The van der Waals surface area contributed by atoms with Crippen LogP contribution in [0.1, 0.15) is 34.6 Å². The van der Waals surface area contributed by atoms with E-state index in [-0.39, 0.29) is 24.9 Å². The van der Waals surface area contributed by atoms with E-state index in [1.165, 1.54) is 4.90 Å². The highest BCUT2D eigenvalue weighted by atomic mass is 16.4. The molecule has 0 rings (SSSR count). The molecule has 19 heavy (non-hydrogen) atoms. The van der Waals surface area contributed by atoms with Crippen molar-refractivity contribution >= 4 is 17.8 Å². The lowest BCUT2D eigenvalue weighted by atomic mass is 9.96. The highest BCUT2D eigenvalue weighted by Gasteiger charge is 2.23. The zero-order chi connectivity index (χ0) is 15.2. The molecular weight excluding hydrogens is 248 g/mol. The number of carboxylic acids is 1. The van der Waals surface area contributed by atoms with Crippen molar-refractivity contribution in [2.24, 2.45) is 11.3 Å². The number of carboxylic acid groups (broad SMARTS) is 1. The summed E-state index contributed by atoms with van der Waals surface area (Å²) in [5.41, 5.74) is -0.550. The van der Waals surface area contributed by atoms with Crippen molar-refractivity contribution in [2.75, 3.05) is 19.6 Å². The third kappa shape index (κ3) is 6.22. The Morgan fingerprint density at radius 1 is 1.26 bits per heavy atom. The number of hydrogen-bond acceptors (Lipinski definition) is 3. The largest absolute Gasteiger partial charge is 0.481 e. The molecule has 0 spiro atoms. The van der Waals surface area contributed by atoms with E-state index in [9.17, 15) is 14.4 Å². The molecule has 6 nitrogen and oxygen atoms in total. The minimum absolute atomic E-state index is 0.101. The third-order valence-corrected chi connectivity index (χ3v) is 2.73. The van der Waals surface area contributed by atoms with Gasteiger partial charge in [0.05, 0.1) is 12.5 Å². The number of nitrogens with one attached hydrogen (secondary N) is 1. The van der Waals surface area contributed by atoms with Crippen LogP contribution in [0.3, 0.4) is 0 Å². The molecule has 2 amide bonds. The van der Waals surface area contributed by atoms with E-state index in [4.69, 9.17) is 5.11 Å². The molecule has 0 bridgehead atoms. The molecule has 1 unspecified atom stereocenters. The van der Waals surface area contributed by atoms with Crippen LogP contribution in [0.25, 0.3) is 0 Å². The number of carbonyl (C=O) groups excluding carboxylic acids is 2. The van der Waals surface area contributed by atoms with Gasteiger partial charge in [-0.15, -0.1) is 0 Å². The summed E-state index contributed by atoms with van der Waals surface area (Å²) in [5, 5.41) is 11.4. The van der Waals surface area contributed by atoms with Crippen molar-refractivity contribution < 1.29 is 19.5 Å². The Morgan fingerprint density at radius 3 is 2.16 bits per heavy atom. The van der Waals surface area contributed by atoms with Crippen molar-refractivity contribution in [1.29, 1.82) is 0 Å². The van der Waals surface area contributed by atoms with E-state index in [1.807, 2.05) is 0 Å². The van der Waals surface area contributed by atoms with Gasteiger partial charge in [0, 0.05) is 18.5 Å². The van der Waals surface area contributed by atoms with Crippen LogP contribution in [-0.2, 0) is 14.4 Å². The molecule has 0 saturated carbocycles. The van der Waals surface area contributed by atoms with Gasteiger partial charge in [0.15, 0.2) is 0 Å². The number of amides is 2. The second-order valence-electron chi connectivity index (χ2n) is 5.60. The van der Waals surface area contributed by atoms with E-state index in [0.29, 0.717) is 6.54 Å². The van der Waals surface area contributed by atoms with Crippen LogP contribution in [0, 0.1) is 11.3 Å². The SMILES string of the molecule is CCN(CC(C)C(=O)O)C(=O)CNC(=O)C(C)(C)C. The van der Waals surface area contributed by atoms with Gasteiger partial charge in [0.25, 0.3) is 0 Å². The van der Waals surface area contributed by atoms with Crippen LogP contribution in [0.4, 0.5) is 0 Å². The van der Waals surface area contributed by atoms with Crippen LogP contribution in [0.2, 0.25) is 0 Å². The maximum atomic E-state index is 11.9. The zero-order valence-corrected chi connectivity index (χ0v) is 12.3. The average Bonchev–Trinajstić information content (AvgIpc) is 2.30. The fourth-order valence-electron chi connectivity index (χ4n) is 1.35. The fourth-order valence-corrected chi connectivity index (χ4v) is 1.35. The number of carbonyl (C=O) groups is 3. The van der Waals surface area contributed by atoms with E-state index in [2.05, 4.69) is 5.32 Å². The number of nitrogens with zero attached hydrogens (tertiary/aromatic N) is 1. The minimum atomic E-state index is -0.940. The molecule has 0 saturated heterocycles. The predicted molar refractivity (Wildman–Crippen MR) is 71.5 cm³/mol. The van der Waals surface area contributed by atoms with E-state index in [1.54, 1.807) is 34.6 Å². The standard InChI is InChI=1S/C13H24N2O4/c1-6-15(8-9(2)11(17)18)10(16)7-14-12(19)13(3,4)5/h9H,6-8H2,1-5H3,(H,14,19)(H,17,18). The number of likely N-dealkylation sites (N-methyl/N-ethyl adjacent to an activating group) is 1. The number of hydrogen-bond donors (Lipinski definition) is 2. The van der Waals surface area contributed by atoms with E-state index < -0.39 is 17.3 Å². The smallest absolute Gasteiger partial charge is 0.308 e. The third-order valence-electron chi connectivity index (χ3n) is 2.73. The van der Waals surface area contributed by atoms with Gasteiger partial charge >= 0.3 is 5.97 Å². The Bertz CT molecular complexity index is 347. The van der Waals surface area contributed by atoms with Crippen LogP contribution in [0.15, 0.2) is 0 Å². The van der Waals surface area contributed by atoms with E-state index >= 15 is 0 Å². The quantitative estimate of drug-likeness (QED) is 0.746. The zero-order valence-electron chi connectivity index (χ0n) is 12.3. The first-order valence-corrected chi connectivity index (χ1v) is 6.38. The summed E-state index contributed by atoms with van der Waals surface area (Å²) >= 11 is 0. The van der Waals surface area contributed by atoms with Crippen molar-refractivity contribution in [3.8, 4) is 0 Å². The molecule has 1 atom stereocenters. The molecule has 0 aromatic carbocycles. The molecule has 6 heteroatoms. The minimum Gasteiger partial charge on any atom is -0.481 e. The number of rotatable bonds is 6. The summed E-state index contributed by atoms with van der Waals surface area (Å²) in [5.74, 6) is -2.04. The first-order valence-electron chi connectivity index (χ1n) is 6.38. The summed E-state index contributed by atoms with van der Waals surface area (Å²) in [6.07, 6.45) is 0. The van der Waals surface area contributed by atoms with Gasteiger partial charge in [-0.05, 0) is 6.92 Å². The van der Waals surface area contributed by atoms with Crippen molar-refractivity contribution in [3.05, 3.63) is 0 Å². The summed E-state index contributed by atoms with van der Waals surface area (Å²) in [6.45, 7) is 9.07. The molecule has 0 heterocycles. The summed E-state index contributed by atoms with van der Waals surface area (Å²) in [6, 6.07) is 0. The molecule has 0 fully saturated rings. The number of aliphatic carboxylic acids is 1.